The summed E-state index contributed by atoms with van der Waals surface area (Å²) >= 11 is 1.35. The highest BCUT2D eigenvalue weighted by atomic mass is 32.2. The second-order valence-electron chi connectivity index (χ2n) is 7.46. The zero-order chi connectivity index (χ0) is 24.1. The molecule has 3 aromatic carbocycles. The molecule has 4 rings (SSSR count). The largest absolute Gasteiger partial charge is 0.322 e. The molecular formula is C25H21N3O4S2. The number of hydrogen-bond donors (Lipinski definition) is 3. The number of nitrogens with one attached hydrogen (secondary N) is 3. The average molecular weight is 492 g/mol. The van der Waals surface area contributed by atoms with Crippen LogP contribution in [-0.2, 0) is 10.0 Å². The van der Waals surface area contributed by atoms with Gasteiger partial charge in [-0.25, -0.2) is 8.42 Å². The molecule has 9 heteroatoms. The van der Waals surface area contributed by atoms with Gasteiger partial charge in [0.05, 0.1) is 9.77 Å². The number of anilines is 3. The topological polar surface area (TPSA) is 104 Å². The molecule has 3 N–H and O–H groups in total. The van der Waals surface area contributed by atoms with Crippen LogP contribution in [0.2, 0.25) is 0 Å². The normalized spacial score (nSPS) is 11.0. The first-order valence-electron chi connectivity index (χ1n) is 10.3. The van der Waals surface area contributed by atoms with Crippen molar-refractivity contribution in [2.24, 2.45) is 0 Å². The molecule has 34 heavy (non-hydrogen) atoms. The molecule has 0 saturated heterocycles. The Bertz CT molecular complexity index is 1400. The zero-order valence-electron chi connectivity index (χ0n) is 18.1. The molecule has 0 atom stereocenters. The number of rotatable bonds is 7. The van der Waals surface area contributed by atoms with E-state index in [4.69, 9.17) is 0 Å². The number of aryl methyl sites for hydroxylation is 1. The van der Waals surface area contributed by atoms with E-state index in [0.717, 1.165) is 5.56 Å². The minimum Gasteiger partial charge on any atom is -0.322 e. The summed E-state index contributed by atoms with van der Waals surface area (Å²) in [5, 5.41) is 7.38. The summed E-state index contributed by atoms with van der Waals surface area (Å²) in [5.74, 6) is -0.533. The Hall–Kier alpha value is -3.95. The van der Waals surface area contributed by atoms with Gasteiger partial charge < -0.3 is 10.6 Å². The van der Waals surface area contributed by atoms with Crippen LogP contribution in [0.4, 0.5) is 17.1 Å². The molecule has 2 amide bonds. The van der Waals surface area contributed by atoms with Crippen molar-refractivity contribution in [3.8, 4) is 0 Å². The first-order valence-corrected chi connectivity index (χ1v) is 12.6. The lowest BCUT2D eigenvalue weighted by Crippen LogP contribution is -2.14. The minimum atomic E-state index is -3.70. The van der Waals surface area contributed by atoms with Crippen molar-refractivity contribution in [2.45, 2.75) is 11.8 Å². The molecule has 0 aliphatic carbocycles. The predicted molar refractivity (Wildman–Crippen MR) is 135 cm³/mol. The maximum absolute atomic E-state index is 12.6. The third-order valence-corrected chi connectivity index (χ3v) is 7.14. The van der Waals surface area contributed by atoms with Crippen molar-refractivity contribution in [3.05, 3.63) is 106 Å². The molecule has 0 saturated carbocycles. The summed E-state index contributed by atoms with van der Waals surface area (Å²) in [6.45, 7) is 1.88. The Labute approximate surface area is 201 Å². The molecule has 0 aliphatic rings. The summed E-state index contributed by atoms with van der Waals surface area (Å²) in [4.78, 5) is 25.4. The van der Waals surface area contributed by atoms with Crippen LogP contribution in [0.15, 0.2) is 95.2 Å². The predicted octanol–water partition coefficient (Wildman–Crippen LogP) is 5.36. The number of hydrogen-bond acceptors (Lipinski definition) is 5. The summed E-state index contributed by atoms with van der Waals surface area (Å²) in [7, 11) is -3.70. The molecule has 1 aromatic heterocycles. The molecule has 0 fully saturated rings. The average Bonchev–Trinajstić information content (AvgIpc) is 3.36. The van der Waals surface area contributed by atoms with Crippen molar-refractivity contribution in [2.75, 3.05) is 15.4 Å². The summed E-state index contributed by atoms with van der Waals surface area (Å²) in [5.41, 5.74) is 2.86. The Morgan fingerprint density at radius 2 is 1.26 bits per heavy atom. The van der Waals surface area contributed by atoms with Crippen molar-refractivity contribution in [1.29, 1.82) is 0 Å². The first kappa shape index (κ1) is 23.2. The zero-order valence-corrected chi connectivity index (χ0v) is 19.7. The van der Waals surface area contributed by atoms with E-state index >= 15 is 0 Å². The SMILES string of the molecule is Cc1ccc(S(=O)(=O)Nc2ccc(NC(=O)c3ccc(NC(=O)c4cccs4)cc3)cc2)cc1. The van der Waals surface area contributed by atoms with E-state index in [-0.39, 0.29) is 16.7 Å². The van der Waals surface area contributed by atoms with Gasteiger partial charge >= 0.3 is 0 Å². The monoisotopic (exact) mass is 491 g/mol. The van der Waals surface area contributed by atoms with E-state index in [1.165, 1.54) is 11.3 Å². The Morgan fingerprint density at radius 1 is 0.706 bits per heavy atom. The van der Waals surface area contributed by atoms with E-state index in [9.17, 15) is 18.0 Å². The van der Waals surface area contributed by atoms with Gasteiger partial charge in [0.25, 0.3) is 21.8 Å². The van der Waals surface area contributed by atoms with E-state index < -0.39 is 10.0 Å². The van der Waals surface area contributed by atoms with Crippen LogP contribution in [0.25, 0.3) is 0 Å². The van der Waals surface area contributed by atoms with Gasteiger partial charge in [0, 0.05) is 22.6 Å². The fourth-order valence-electron chi connectivity index (χ4n) is 3.06. The molecule has 0 bridgehead atoms. The molecule has 0 radical (unpaired) electrons. The lowest BCUT2D eigenvalue weighted by molar-refractivity contribution is 0.102. The van der Waals surface area contributed by atoms with Crippen molar-refractivity contribution < 1.29 is 18.0 Å². The summed E-state index contributed by atoms with van der Waals surface area (Å²) in [6, 6.07) is 23.0. The summed E-state index contributed by atoms with van der Waals surface area (Å²) < 4.78 is 27.6. The van der Waals surface area contributed by atoms with E-state index in [0.29, 0.717) is 27.5 Å². The maximum atomic E-state index is 12.6. The number of carbonyl (C=O) groups is 2. The smallest absolute Gasteiger partial charge is 0.265 e. The number of thiophene rings is 1. The van der Waals surface area contributed by atoms with Crippen molar-refractivity contribution >= 4 is 50.2 Å². The molecule has 7 nitrogen and oxygen atoms in total. The number of benzene rings is 3. The Morgan fingerprint density at radius 3 is 1.85 bits per heavy atom. The minimum absolute atomic E-state index is 0.172. The molecule has 172 valence electrons. The number of carbonyl (C=O) groups excluding carboxylic acids is 2. The molecule has 4 aromatic rings. The fraction of sp³-hybridized carbons (Fsp3) is 0.0400. The van der Waals surface area contributed by atoms with Gasteiger partial charge in [0.2, 0.25) is 0 Å². The number of amides is 2. The van der Waals surface area contributed by atoms with Crippen LogP contribution in [0.3, 0.4) is 0 Å². The van der Waals surface area contributed by atoms with Gasteiger partial charge in [-0.3, -0.25) is 14.3 Å². The van der Waals surface area contributed by atoms with Crippen LogP contribution in [-0.4, -0.2) is 20.2 Å². The van der Waals surface area contributed by atoms with Gasteiger partial charge in [-0.1, -0.05) is 23.8 Å². The highest BCUT2D eigenvalue weighted by molar-refractivity contribution is 7.92. The highest BCUT2D eigenvalue weighted by Gasteiger charge is 2.14. The van der Waals surface area contributed by atoms with E-state index in [1.54, 1.807) is 84.9 Å². The molecular weight excluding hydrogens is 470 g/mol. The van der Waals surface area contributed by atoms with Crippen LogP contribution in [0.5, 0.6) is 0 Å². The fourth-order valence-corrected chi connectivity index (χ4v) is 4.74. The van der Waals surface area contributed by atoms with E-state index in [2.05, 4.69) is 15.4 Å². The van der Waals surface area contributed by atoms with Gasteiger partial charge in [-0.2, -0.15) is 0 Å². The second-order valence-corrected chi connectivity index (χ2v) is 10.1. The quantitative estimate of drug-likeness (QED) is 0.324. The van der Waals surface area contributed by atoms with E-state index in [1.807, 2.05) is 12.3 Å². The second kappa shape index (κ2) is 9.90. The lowest BCUT2D eigenvalue weighted by atomic mass is 10.2. The summed E-state index contributed by atoms with van der Waals surface area (Å²) in [6.07, 6.45) is 0. The van der Waals surface area contributed by atoms with Crippen LogP contribution >= 0.6 is 11.3 Å². The van der Waals surface area contributed by atoms with Crippen LogP contribution in [0, 0.1) is 6.92 Å². The van der Waals surface area contributed by atoms with Gasteiger partial charge in [0.15, 0.2) is 0 Å². The molecule has 0 aliphatic heterocycles. The standard InChI is InChI=1S/C25H21N3O4S2/c1-17-4-14-22(15-5-17)34(31,32)28-21-12-10-20(11-13-21)26-24(29)18-6-8-19(9-7-18)27-25(30)23-3-2-16-33-23/h2-16,28H,1H3,(H,26,29)(H,27,30). The Balaban J connectivity index is 1.36. The van der Waals surface area contributed by atoms with Crippen LogP contribution < -0.4 is 15.4 Å². The maximum Gasteiger partial charge on any atom is 0.265 e. The van der Waals surface area contributed by atoms with Crippen LogP contribution in [0.1, 0.15) is 25.6 Å². The molecule has 0 unspecified atom stereocenters. The van der Waals surface area contributed by atoms with Crippen molar-refractivity contribution in [1.82, 2.24) is 0 Å². The Kier molecular flexibility index (Phi) is 6.76. The lowest BCUT2D eigenvalue weighted by Gasteiger charge is -2.10. The third kappa shape index (κ3) is 5.69. The molecule has 0 spiro atoms. The highest BCUT2D eigenvalue weighted by Crippen LogP contribution is 2.20. The molecule has 1 heterocycles. The van der Waals surface area contributed by atoms with Crippen molar-refractivity contribution in [3.63, 3.8) is 0 Å². The van der Waals surface area contributed by atoms with Gasteiger partial charge in [0.1, 0.15) is 0 Å². The van der Waals surface area contributed by atoms with Gasteiger partial charge in [-0.05, 0) is 79.0 Å². The number of sulfonamides is 1. The van der Waals surface area contributed by atoms with Gasteiger partial charge in [-0.15, -0.1) is 11.3 Å². The third-order valence-electron chi connectivity index (χ3n) is 4.88. The first-order chi connectivity index (χ1) is 16.3.